The second-order valence-corrected chi connectivity index (χ2v) is 5.04. The lowest BCUT2D eigenvalue weighted by molar-refractivity contribution is 0.300. The van der Waals surface area contributed by atoms with Crippen LogP contribution in [0.3, 0.4) is 0 Å². The highest BCUT2D eigenvalue weighted by Crippen LogP contribution is 2.08. The lowest BCUT2D eigenvalue weighted by atomic mass is 10.1. The number of nitrogens with two attached hydrogens (primary N) is 1. The third-order valence-electron chi connectivity index (χ3n) is 3.29. The molecular formula is C15H26N2. The summed E-state index contributed by atoms with van der Waals surface area (Å²) in [6, 6.07) is 8.93. The van der Waals surface area contributed by atoms with Crippen molar-refractivity contribution in [3.8, 4) is 0 Å². The fraction of sp³-hybridized carbons (Fsp3) is 0.600. The third kappa shape index (κ3) is 5.33. The minimum Gasteiger partial charge on any atom is -0.330 e. The average molecular weight is 234 g/mol. The molecule has 0 amide bonds. The SMILES string of the molecule is CCc1ccc(CN(C)CCC(C)CN)cc1. The molecule has 2 nitrogen and oxygen atoms in total. The quantitative estimate of drug-likeness (QED) is 0.786. The van der Waals surface area contributed by atoms with Crippen molar-refractivity contribution < 1.29 is 0 Å². The number of hydrogen-bond donors (Lipinski definition) is 1. The Bertz CT molecular complexity index is 305. The molecule has 0 spiro atoms. The van der Waals surface area contributed by atoms with Gasteiger partial charge in [0.2, 0.25) is 0 Å². The molecule has 2 N–H and O–H groups in total. The highest BCUT2D eigenvalue weighted by Gasteiger charge is 2.03. The van der Waals surface area contributed by atoms with Crippen LogP contribution in [0.25, 0.3) is 0 Å². The van der Waals surface area contributed by atoms with Crippen molar-refractivity contribution in [2.75, 3.05) is 20.1 Å². The molecule has 0 radical (unpaired) electrons. The number of aryl methyl sites for hydroxylation is 1. The molecule has 0 aliphatic carbocycles. The van der Waals surface area contributed by atoms with Gasteiger partial charge in [-0.15, -0.1) is 0 Å². The van der Waals surface area contributed by atoms with Crippen LogP contribution in [0, 0.1) is 5.92 Å². The van der Waals surface area contributed by atoms with E-state index in [2.05, 4.69) is 50.1 Å². The maximum absolute atomic E-state index is 5.62. The molecule has 1 rings (SSSR count). The van der Waals surface area contributed by atoms with Crippen LogP contribution in [-0.4, -0.2) is 25.0 Å². The van der Waals surface area contributed by atoms with Crippen LogP contribution in [0.4, 0.5) is 0 Å². The van der Waals surface area contributed by atoms with Gasteiger partial charge in [0.15, 0.2) is 0 Å². The van der Waals surface area contributed by atoms with Crippen molar-refractivity contribution >= 4 is 0 Å². The Balaban J connectivity index is 2.36. The molecule has 17 heavy (non-hydrogen) atoms. The van der Waals surface area contributed by atoms with E-state index in [4.69, 9.17) is 5.73 Å². The van der Waals surface area contributed by atoms with Gasteiger partial charge in [-0.2, -0.15) is 0 Å². The molecule has 0 bridgehead atoms. The number of benzene rings is 1. The summed E-state index contributed by atoms with van der Waals surface area (Å²) in [5, 5.41) is 0. The summed E-state index contributed by atoms with van der Waals surface area (Å²) in [4.78, 5) is 2.37. The van der Waals surface area contributed by atoms with E-state index in [1.54, 1.807) is 0 Å². The minimum atomic E-state index is 0.625. The van der Waals surface area contributed by atoms with E-state index >= 15 is 0 Å². The zero-order valence-electron chi connectivity index (χ0n) is 11.4. The van der Waals surface area contributed by atoms with Crippen molar-refractivity contribution in [3.05, 3.63) is 35.4 Å². The summed E-state index contributed by atoms with van der Waals surface area (Å²) in [7, 11) is 2.18. The summed E-state index contributed by atoms with van der Waals surface area (Å²) in [6.45, 7) is 7.34. The molecule has 0 fully saturated rings. The monoisotopic (exact) mass is 234 g/mol. The summed E-state index contributed by atoms with van der Waals surface area (Å²) in [5.74, 6) is 0.625. The van der Waals surface area contributed by atoms with Gasteiger partial charge in [0.25, 0.3) is 0 Å². The maximum atomic E-state index is 5.62. The normalized spacial score (nSPS) is 13.0. The van der Waals surface area contributed by atoms with Gasteiger partial charge >= 0.3 is 0 Å². The molecule has 2 heteroatoms. The summed E-state index contributed by atoms with van der Waals surface area (Å²) in [5.41, 5.74) is 8.43. The van der Waals surface area contributed by atoms with Crippen LogP contribution in [-0.2, 0) is 13.0 Å². The maximum Gasteiger partial charge on any atom is 0.0230 e. The van der Waals surface area contributed by atoms with Crippen LogP contribution in [0.2, 0.25) is 0 Å². The lowest BCUT2D eigenvalue weighted by Crippen LogP contribution is -2.23. The van der Waals surface area contributed by atoms with Crippen molar-refractivity contribution in [1.29, 1.82) is 0 Å². The molecule has 1 unspecified atom stereocenters. The molecule has 1 atom stereocenters. The van der Waals surface area contributed by atoms with Crippen molar-refractivity contribution in [2.24, 2.45) is 11.7 Å². The van der Waals surface area contributed by atoms with Gasteiger partial charge in [0, 0.05) is 6.54 Å². The Morgan fingerprint density at radius 3 is 2.29 bits per heavy atom. The average Bonchev–Trinajstić information content (AvgIpc) is 2.36. The topological polar surface area (TPSA) is 29.3 Å². The van der Waals surface area contributed by atoms with Crippen LogP contribution in [0.1, 0.15) is 31.4 Å². The summed E-state index contributed by atoms with van der Waals surface area (Å²) < 4.78 is 0. The summed E-state index contributed by atoms with van der Waals surface area (Å²) in [6.07, 6.45) is 2.30. The van der Waals surface area contributed by atoms with E-state index in [0.29, 0.717) is 5.92 Å². The first-order valence-electron chi connectivity index (χ1n) is 6.62. The van der Waals surface area contributed by atoms with E-state index in [-0.39, 0.29) is 0 Å². The van der Waals surface area contributed by atoms with Gasteiger partial charge in [0.05, 0.1) is 0 Å². The van der Waals surface area contributed by atoms with Gasteiger partial charge in [-0.05, 0) is 50.0 Å². The molecular weight excluding hydrogens is 208 g/mol. The zero-order valence-corrected chi connectivity index (χ0v) is 11.4. The second-order valence-electron chi connectivity index (χ2n) is 5.04. The van der Waals surface area contributed by atoms with Gasteiger partial charge < -0.3 is 10.6 Å². The molecule has 1 aromatic rings. The Kier molecular flexibility index (Phi) is 6.23. The first-order valence-corrected chi connectivity index (χ1v) is 6.62. The van der Waals surface area contributed by atoms with E-state index in [1.807, 2.05) is 0 Å². The Morgan fingerprint density at radius 1 is 1.18 bits per heavy atom. The van der Waals surface area contributed by atoms with E-state index in [9.17, 15) is 0 Å². The zero-order chi connectivity index (χ0) is 12.7. The van der Waals surface area contributed by atoms with Gasteiger partial charge in [-0.1, -0.05) is 38.1 Å². The number of rotatable bonds is 7. The van der Waals surface area contributed by atoms with E-state index in [1.165, 1.54) is 17.5 Å². The third-order valence-corrected chi connectivity index (χ3v) is 3.29. The minimum absolute atomic E-state index is 0.625. The standard InChI is InChI=1S/C15H26N2/c1-4-14-5-7-15(8-6-14)12-17(3)10-9-13(2)11-16/h5-8,13H,4,9-12,16H2,1-3H3. The highest BCUT2D eigenvalue weighted by molar-refractivity contribution is 5.22. The van der Waals surface area contributed by atoms with Gasteiger partial charge in [-0.25, -0.2) is 0 Å². The molecule has 0 saturated carbocycles. The van der Waals surface area contributed by atoms with E-state index < -0.39 is 0 Å². The predicted molar refractivity (Wildman–Crippen MR) is 75.0 cm³/mol. The van der Waals surface area contributed by atoms with Crippen LogP contribution >= 0.6 is 0 Å². The lowest BCUT2D eigenvalue weighted by Gasteiger charge is -2.18. The molecule has 0 aliphatic rings. The van der Waals surface area contributed by atoms with Crippen LogP contribution in [0.15, 0.2) is 24.3 Å². The van der Waals surface area contributed by atoms with Gasteiger partial charge in [-0.3, -0.25) is 0 Å². The Hall–Kier alpha value is -0.860. The van der Waals surface area contributed by atoms with Crippen LogP contribution in [0.5, 0.6) is 0 Å². The smallest absolute Gasteiger partial charge is 0.0230 e. The fourth-order valence-electron chi connectivity index (χ4n) is 1.83. The number of nitrogens with zero attached hydrogens (tertiary/aromatic N) is 1. The Morgan fingerprint density at radius 2 is 1.76 bits per heavy atom. The first kappa shape index (κ1) is 14.2. The first-order chi connectivity index (χ1) is 8.15. The second kappa shape index (κ2) is 7.46. The molecule has 0 heterocycles. The molecule has 0 saturated heterocycles. The van der Waals surface area contributed by atoms with Crippen LogP contribution < -0.4 is 5.73 Å². The predicted octanol–water partition coefficient (Wildman–Crippen LogP) is 2.67. The fourth-order valence-corrected chi connectivity index (χ4v) is 1.83. The van der Waals surface area contributed by atoms with Crippen molar-refractivity contribution in [2.45, 2.75) is 33.2 Å². The van der Waals surface area contributed by atoms with Crippen molar-refractivity contribution in [1.82, 2.24) is 4.90 Å². The molecule has 1 aromatic carbocycles. The molecule has 0 aliphatic heterocycles. The van der Waals surface area contributed by atoms with Crippen molar-refractivity contribution in [3.63, 3.8) is 0 Å². The Labute approximate surface area is 106 Å². The van der Waals surface area contributed by atoms with E-state index in [0.717, 1.165) is 26.1 Å². The molecule has 96 valence electrons. The molecule has 0 aromatic heterocycles. The largest absolute Gasteiger partial charge is 0.330 e. The highest BCUT2D eigenvalue weighted by atomic mass is 15.1. The van der Waals surface area contributed by atoms with Gasteiger partial charge in [0.1, 0.15) is 0 Å². The summed E-state index contributed by atoms with van der Waals surface area (Å²) >= 11 is 0. The number of hydrogen-bond acceptors (Lipinski definition) is 2.